The van der Waals surface area contributed by atoms with E-state index < -0.39 is 23.7 Å². The molecule has 1 heterocycles. The third-order valence-corrected chi connectivity index (χ3v) is 3.13. The van der Waals surface area contributed by atoms with Gasteiger partial charge in [-0.2, -0.15) is 5.10 Å². The molecule has 128 valence electrons. The first kappa shape index (κ1) is 17.5. The lowest BCUT2D eigenvalue weighted by molar-refractivity contribution is -0.139. The Balaban J connectivity index is 2.02. The third-order valence-electron chi connectivity index (χ3n) is 3.13. The van der Waals surface area contributed by atoms with Gasteiger partial charge in [0.05, 0.1) is 5.69 Å². The topological polar surface area (TPSA) is 93.5 Å². The van der Waals surface area contributed by atoms with Gasteiger partial charge in [-0.3, -0.25) is 0 Å². The van der Waals surface area contributed by atoms with E-state index in [-0.39, 0.29) is 6.42 Å². The van der Waals surface area contributed by atoms with Crippen molar-refractivity contribution in [2.24, 2.45) is 0 Å². The van der Waals surface area contributed by atoms with Crippen molar-refractivity contribution in [1.82, 2.24) is 15.1 Å². The van der Waals surface area contributed by atoms with Gasteiger partial charge in [-0.05, 0) is 44.5 Å². The molecule has 0 aliphatic carbocycles. The van der Waals surface area contributed by atoms with Crippen molar-refractivity contribution in [3.05, 3.63) is 48.3 Å². The number of carbonyl (C=O) groups excluding carboxylic acids is 1. The molecular weight excluding hydrogens is 310 g/mol. The lowest BCUT2D eigenvalue weighted by Crippen LogP contribution is -2.44. The highest BCUT2D eigenvalue weighted by Gasteiger charge is 2.24. The highest BCUT2D eigenvalue weighted by Crippen LogP contribution is 2.12. The summed E-state index contributed by atoms with van der Waals surface area (Å²) in [6, 6.07) is 8.06. The molecule has 0 saturated heterocycles. The fourth-order valence-electron chi connectivity index (χ4n) is 2.09. The van der Waals surface area contributed by atoms with Gasteiger partial charge in [-0.1, -0.05) is 12.1 Å². The first-order chi connectivity index (χ1) is 11.2. The quantitative estimate of drug-likeness (QED) is 0.877. The minimum absolute atomic E-state index is 0.161. The molecule has 0 saturated carbocycles. The van der Waals surface area contributed by atoms with E-state index in [1.54, 1.807) is 31.6 Å². The van der Waals surface area contributed by atoms with Gasteiger partial charge >= 0.3 is 12.1 Å². The summed E-state index contributed by atoms with van der Waals surface area (Å²) >= 11 is 0. The maximum Gasteiger partial charge on any atom is 0.408 e. The summed E-state index contributed by atoms with van der Waals surface area (Å²) in [6.45, 7) is 5.16. The Morgan fingerprint density at radius 1 is 1.29 bits per heavy atom. The highest BCUT2D eigenvalue weighted by molar-refractivity contribution is 5.80. The average molecular weight is 331 g/mol. The largest absolute Gasteiger partial charge is 0.480 e. The zero-order valence-corrected chi connectivity index (χ0v) is 13.9. The normalized spacial score (nSPS) is 12.5. The summed E-state index contributed by atoms with van der Waals surface area (Å²) in [6.07, 6.45) is 2.91. The van der Waals surface area contributed by atoms with E-state index in [9.17, 15) is 14.7 Å². The van der Waals surface area contributed by atoms with Gasteiger partial charge in [0.1, 0.15) is 11.6 Å². The van der Waals surface area contributed by atoms with E-state index in [0.29, 0.717) is 0 Å². The Labute approximate surface area is 140 Å². The van der Waals surface area contributed by atoms with Crippen LogP contribution in [0.4, 0.5) is 4.79 Å². The van der Waals surface area contributed by atoms with Crippen molar-refractivity contribution >= 4 is 12.1 Å². The number of carboxylic acids is 1. The molecule has 2 aromatic rings. The number of aromatic nitrogens is 2. The third kappa shape index (κ3) is 5.12. The minimum Gasteiger partial charge on any atom is -0.480 e. The molecule has 0 unspecified atom stereocenters. The van der Waals surface area contributed by atoms with Gasteiger partial charge in [0, 0.05) is 18.8 Å². The zero-order valence-electron chi connectivity index (χ0n) is 13.9. The van der Waals surface area contributed by atoms with E-state index in [2.05, 4.69) is 10.4 Å². The van der Waals surface area contributed by atoms with Crippen LogP contribution in [0.15, 0.2) is 42.7 Å². The molecule has 0 bridgehead atoms. The Bertz CT molecular complexity index is 688. The monoisotopic (exact) mass is 331 g/mol. The van der Waals surface area contributed by atoms with Crippen molar-refractivity contribution in [2.45, 2.75) is 38.8 Å². The number of rotatable bonds is 5. The molecule has 0 fully saturated rings. The van der Waals surface area contributed by atoms with Crippen LogP contribution in [0.2, 0.25) is 0 Å². The Kier molecular flexibility index (Phi) is 5.23. The van der Waals surface area contributed by atoms with Crippen LogP contribution in [0.1, 0.15) is 26.3 Å². The number of benzene rings is 1. The smallest absolute Gasteiger partial charge is 0.408 e. The van der Waals surface area contributed by atoms with Crippen molar-refractivity contribution in [1.29, 1.82) is 0 Å². The summed E-state index contributed by atoms with van der Waals surface area (Å²) in [4.78, 5) is 23.1. The molecule has 24 heavy (non-hydrogen) atoms. The van der Waals surface area contributed by atoms with Gasteiger partial charge in [-0.25, -0.2) is 14.3 Å². The molecule has 0 aliphatic rings. The van der Waals surface area contributed by atoms with Gasteiger partial charge in [0.25, 0.3) is 0 Å². The first-order valence-corrected chi connectivity index (χ1v) is 7.56. The number of hydrogen-bond acceptors (Lipinski definition) is 4. The molecule has 7 nitrogen and oxygen atoms in total. The Morgan fingerprint density at radius 3 is 2.46 bits per heavy atom. The molecule has 2 N–H and O–H groups in total. The SMILES string of the molecule is CC(C)(C)OC(=O)N[C@@H](Cc1ccc(-n2cccn2)cc1)C(=O)O. The molecule has 0 aliphatic heterocycles. The summed E-state index contributed by atoms with van der Waals surface area (Å²) in [5.74, 6) is -1.11. The van der Waals surface area contributed by atoms with Gasteiger partial charge in [0.15, 0.2) is 0 Å². The fraction of sp³-hybridized carbons (Fsp3) is 0.353. The van der Waals surface area contributed by atoms with Crippen LogP contribution in [-0.4, -0.2) is 38.6 Å². The molecular formula is C17H21N3O4. The second-order valence-electron chi connectivity index (χ2n) is 6.36. The summed E-state index contributed by atoms with van der Waals surface area (Å²) in [5, 5.41) is 15.8. The Hall–Kier alpha value is -2.83. The second kappa shape index (κ2) is 7.16. The van der Waals surface area contributed by atoms with Gasteiger partial charge in [0.2, 0.25) is 0 Å². The highest BCUT2D eigenvalue weighted by atomic mass is 16.6. The van der Waals surface area contributed by atoms with E-state index in [1.165, 1.54) is 0 Å². The van der Waals surface area contributed by atoms with Crippen LogP contribution in [0, 0.1) is 0 Å². The molecule has 1 aromatic carbocycles. The van der Waals surface area contributed by atoms with Crippen LogP contribution in [0.25, 0.3) is 5.69 Å². The predicted octanol–water partition coefficient (Wildman–Crippen LogP) is 2.39. The first-order valence-electron chi connectivity index (χ1n) is 7.56. The number of aliphatic carboxylic acids is 1. The summed E-state index contributed by atoms with van der Waals surface area (Å²) in [7, 11) is 0. The van der Waals surface area contributed by atoms with Crippen molar-refractivity contribution in [2.75, 3.05) is 0 Å². The van der Waals surface area contributed by atoms with Crippen molar-refractivity contribution < 1.29 is 19.4 Å². The maximum atomic E-state index is 11.8. The number of amides is 1. The molecule has 0 spiro atoms. The second-order valence-corrected chi connectivity index (χ2v) is 6.36. The number of alkyl carbamates (subject to hydrolysis) is 1. The predicted molar refractivity (Wildman–Crippen MR) is 88.1 cm³/mol. The van der Waals surface area contributed by atoms with Gasteiger partial charge < -0.3 is 15.2 Å². The average Bonchev–Trinajstić information content (AvgIpc) is 2.99. The molecule has 0 radical (unpaired) electrons. The minimum atomic E-state index is -1.11. The van der Waals surface area contributed by atoms with Crippen LogP contribution in [0.5, 0.6) is 0 Å². The van der Waals surface area contributed by atoms with E-state index in [0.717, 1.165) is 11.3 Å². The molecule has 1 amide bonds. The number of ether oxygens (including phenoxy) is 1. The molecule has 2 rings (SSSR count). The molecule has 1 atom stereocenters. The zero-order chi connectivity index (χ0) is 17.7. The maximum absolute atomic E-state index is 11.8. The lowest BCUT2D eigenvalue weighted by atomic mass is 10.1. The number of carboxylic acid groups (broad SMARTS) is 1. The van der Waals surface area contributed by atoms with E-state index >= 15 is 0 Å². The van der Waals surface area contributed by atoms with Crippen LogP contribution in [-0.2, 0) is 16.0 Å². The molecule has 1 aromatic heterocycles. The van der Waals surface area contributed by atoms with Gasteiger partial charge in [-0.15, -0.1) is 0 Å². The number of hydrogen-bond donors (Lipinski definition) is 2. The van der Waals surface area contributed by atoms with Crippen molar-refractivity contribution in [3.8, 4) is 5.69 Å². The van der Waals surface area contributed by atoms with Crippen LogP contribution in [0.3, 0.4) is 0 Å². The lowest BCUT2D eigenvalue weighted by Gasteiger charge is -2.22. The van der Waals surface area contributed by atoms with Crippen LogP contribution < -0.4 is 5.32 Å². The van der Waals surface area contributed by atoms with E-state index in [1.807, 2.05) is 36.5 Å². The number of nitrogens with one attached hydrogen (secondary N) is 1. The summed E-state index contributed by atoms with van der Waals surface area (Å²) < 4.78 is 6.80. The number of nitrogens with zero attached hydrogens (tertiary/aromatic N) is 2. The van der Waals surface area contributed by atoms with Crippen molar-refractivity contribution in [3.63, 3.8) is 0 Å². The fourth-order valence-corrected chi connectivity index (χ4v) is 2.09. The Morgan fingerprint density at radius 2 is 1.96 bits per heavy atom. The summed E-state index contributed by atoms with van der Waals surface area (Å²) in [5.41, 5.74) is 0.975. The standard InChI is InChI=1S/C17H21N3O4/c1-17(2,3)24-16(23)19-14(15(21)22)11-12-5-7-13(8-6-12)20-10-4-9-18-20/h4-10,14H,11H2,1-3H3,(H,19,23)(H,21,22)/t14-/m0/s1. The molecule has 7 heteroatoms. The van der Waals surface area contributed by atoms with Crippen LogP contribution >= 0.6 is 0 Å². The van der Waals surface area contributed by atoms with E-state index in [4.69, 9.17) is 4.74 Å². The number of carbonyl (C=O) groups is 2.